The standard InChI is InChI=1S/C17H12N2O/c1-12-16(14-5-3-2-4-6-14)17(19-20-12)15-9-7-13(11-18)8-10-15/h2-10H,1H3. The molecule has 0 saturated carbocycles. The molecular weight excluding hydrogens is 248 g/mol. The van der Waals surface area contributed by atoms with E-state index in [-0.39, 0.29) is 0 Å². The van der Waals surface area contributed by atoms with E-state index in [1.165, 1.54) is 0 Å². The van der Waals surface area contributed by atoms with Gasteiger partial charge in [-0.1, -0.05) is 47.6 Å². The maximum absolute atomic E-state index is 8.85. The highest BCUT2D eigenvalue weighted by Gasteiger charge is 2.16. The number of rotatable bonds is 2. The molecular formula is C17H12N2O. The van der Waals surface area contributed by atoms with E-state index < -0.39 is 0 Å². The number of aromatic nitrogens is 1. The van der Waals surface area contributed by atoms with Gasteiger partial charge in [-0.3, -0.25) is 0 Å². The van der Waals surface area contributed by atoms with E-state index in [1.54, 1.807) is 12.1 Å². The summed E-state index contributed by atoms with van der Waals surface area (Å²) in [5.74, 6) is 0.788. The van der Waals surface area contributed by atoms with Gasteiger partial charge in [0.25, 0.3) is 0 Å². The molecule has 0 aliphatic carbocycles. The molecule has 0 unspecified atom stereocenters. The highest BCUT2D eigenvalue weighted by atomic mass is 16.5. The van der Waals surface area contributed by atoms with Crippen molar-refractivity contribution < 1.29 is 4.52 Å². The Hall–Kier alpha value is -2.86. The number of nitriles is 1. The lowest BCUT2D eigenvalue weighted by Crippen LogP contribution is -1.84. The number of benzene rings is 2. The van der Waals surface area contributed by atoms with Gasteiger partial charge >= 0.3 is 0 Å². The van der Waals surface area contributed by atoms with Crippen LogP contribution in [0.15, 0.2) is 59.1 Å². The van der Waals surface area contributed by atoms with Gasteiger partial charge in [-0.15, -0.1) is 0 Å². The summed E-state index contributed by atoms with van der Waals surface area (Å²) in [6, 6.07) is 19.5. The van der Waals surface area contributed by atoms with Gasteiger partial charge in [0.15, 0.2) is 0 Å². The predicted molar refractivity (Wildman–Crippen MR) is 76.8 cm³/mol. The van der Waals surface area contributed by atoms with Crippen LogP contribution >= 0.6 is 0 Å². The van der Waals surface area contributed by atoms with Crippen LogP contribution in [-0.2, 0) is 0 Å². The highest BCUT2D eigenvalue weighted by Crippen LogP contribution is 2.33. The molecule has 3 heteroatoms. The summed E-state index contributed by atoms with van der Waals surface area (Å²) in [6.07, 6.45) is 0. The first kappa shape index (κ1) is 12.2. The van der Waals surface area contributed by atoms with Crippen molar-refractivity contribution in [1.29, 1.82) is 5.26 Å². The smallest absolute Gasteiger partial charge is 0.142 e. The minimum atomic E-state index is 0.634. The van der Waals surface area contributed by atoms with Crippen LogP contribution in [0.25, 0.3) is 22.4 Å². The minimum Gasteiger partial charge on any atom is -0.360 e. The summed E-state index contributed by atoms with van der Waals surface area (Å²) in [5, 5.41) is 13.0. The highest BCUT2D eigenvalue weighted by molar-refractivity contribution is 5.81. The van der Waals surface area contributed by atoms with Gasteiger partial charge < -0.3 is 4.52 Å². The van der Waals surface area contributed by atoms with Crippen molar-refractivity contribution in [1.82, 2.24) is 5.16 Å². The molecule has 96 valence electrons. The summed E-state index contributed by atoms with van der Waals surface area (Å²) >= 11 is 0. The van der Waals surface area contributed by atoms with E-state index in [9.17, 15) is 0 Å². The maximum atomic E-state index is 8.85. The Morgan fingerprint density at radius 1 is 0.950 bits per heavy atom. The number of nitrogens with zero attached hydrogens (tertiary/aromatic N) is 2. The van der Waals surface area contributed by atoms with Crippen molar-refractivity contribution in [3.63, 3.8) is 0 Å². The second-order valence-corrected chi connectivity index (χ2v) is 4.52. The molecule has 0 N–H and O–H groups in total. The van der Waals surface area contributed by atoms with Gasteiger partial charge in [0, 0.05) is 5.56 Å². The molecule has 3 rings (SSSR count). The van der Waals surface area contributed by atoms with Crippen molar-refractivity contribution in [2.75, 3.05) is 0 Å². The lowest BCUT2D eigenvalue weighted by atomic mass is 9.99. The third kappa shape index (κ3) is 2.08. The summed E-state index contributed by atoms with van der Waals surface area (Å²) in [6.45, 7) is 1.91. The van der Waals surface area contributed by atoms with Crippen molar-refractivity contribution in [3.8, 4) is 28.5 Å². The van der Waals surface area contributed by atoms with Crippen LogP contribution in [0.4, 0.5) is 0 Å². The average molecular weight is 260 g/mol. The van der Waals surface area contributed by atoms with Crippen LogP contribution in [0.2, 0.25) is 0 Å². The minimum absolute atomic E-state index is 0.634. The van der Waals surface area contributed by atoms with Gasteiger partial charge in [-0.25, -0.2) is 0 Å². The van der Waals surface area contributed by atoms with Crippen molar-refractivity contribution >= 4 is 0 Å². The van der Waals surface area contributed by atoms with Crippen molar-refractivity contribution in [3.05, 3.63) is 65.9 Å². The molecule has 0 amide bonds. The lowest BCUT2D eigenvalue weighted by Gasteiger charge is -2.03. The molecule has 0 atom stereocenters. The molecule has 0 aliphatic rings. The van der Waals surface area contributed by atoms with E-state index in [2.05, 4.69) is 11.2 Å². The second-order valence-electron chi connectivity index (χ2n) is 4.52. The number of hydrogen-bond acceptors (Lipinski definition) is 3. The molecule has 0 aliphatic heterocycles. The first-order valence-corrected chi connectivity index (χ1v) is 6.32. The van der Waals surface area contributed by atoms with E-state index in [4.69, 9.17) is 9.78 Å². The molecule has 1 heterocycles. The number of aryl methyl sites for hydroxylation is 1. The largest absolute Gasteiger partial charge is 0.360 e. The van der Waals surface area contributed by atoms with Crippen molar-refractivity contribution in [2.24, 2.45) is 0 Å². The fraction of sp³-hybridized carbons (Fsp3) is 0.0588. The molecule has 0 fully saturated rings. The van der Waals surface area contributed by atoms with Gasteiger partial charge in [-0.2, -0.15) is 5.26 Å². The Labute approximate surface area is 117 Å². The third-order valence-corrected chi connectivity index (χ3v) is 3.21. The third-order valence-electron chi connectivity index (χ3n) is 3.21. The zero-order chi connectivity index (χ0) is 13.9. The van der Waals surface area contributed by atoms with Gasteiger partial charge in [0.1, 0.15) is 11.5 Å². The van der Waals surface area contributed by atoms with E-state index >= 15 is 0 Å². The molecule has 1 aromatic heterocycles. The SMILES string of the molecule is Cc1onc(-c2ccc(C#N)cc2)c1-c1ccccc1. The monoisotopic (exact) mass is 260 g/mol. The molecule has 2 aromatic carbocycles. The van der Waals surface area contributed by atoms with Gasteiger partial charge in [-0.05, 0) is 24.6 Å². The zero-order valence-corrected chi connectivity index (χ0v) is 11.0. The number of hydrogen-bond donors (Lipinski definition) is 0. The molecule has 0 spiro atoms. The Bertz CT molecular complexity index is 765. The Balaban J connectivity index is 2.13. The van der Waals surface area contributed by atoms with Crippen molar-refractivity contribution in [2.45, 2.75) is 6.92 Å². The van der Waals surface area contributed by atoms with E-state index in [0.717, 1.165) is 28.1 Å². The van der Waals surface area contributed by atoms with Gasteiger partial charge in [0.2, 0.25) is 0 Å². The molecule has 3 nitrogen and oxygen atoms in total. The summed E-state index contributed by atoms with van der Waals surface area (Å²) in [4.78, 5) is 0. The summed E-state index contributed by atoms with van der Waals surface area (Å²) < 4.78 is 5.35. The molecule has 0 radical (unpaired) electrons. The Morgan fingerprint density at radius 3 is 2.30 bits per heavy atom. The van der Waals surface area contributed by atoms with Crippen LogP contribution in [-0.4, -0.2) is 5.16 Å². The van der Waals surface area contributed by atoms with Crippen LogP contribution < -0.4 is 0 Å². The summed E-state index contributed by atoms with van der Waals surface area (Å²) in [7, 11) is 0. The van der Waals surface area contributed by atoms with Crippen LogP contribution in [0.5, 0.6) is 0 Å². The lowest BCUT2D eigenvalue weighted by molar-refractivity contribution is 0.400. The van der Waals surface area contributed by atoms with E-state index in [0.29, 0.717) is 5.56 Å². The first-order valence-electron chi connectivity index (χ1n) is 6.32. The van der Waals surface area contributed by atoms with E-state index in [1.807, 2.05) is 49.4 Å². The topological polar surface area (TPSA) is 49.8 Å². The van der Waals surface area contributed by atoms with Crippen LogP contribution in [0.3, 0.4) is 0 Å². The van der Waals surface area contributed by atoms with Crippen LogP contribution in [0.1, 0.15) is 11.3 Å². The van der Waals surface area contributed by atoms with Gasteiger partial charge in [0.05, 0.1) is 17.2 Å². The Morgan fingerprint density at radius 2 is 1.65 bits per heavy atom. The molecule has 3 aromatic rings. The zero-order valence-electron chi connectivity index (χ0n) is 11.0. The fourth-order valence-electron chi connectivity index (χ4n) is 2.22. The quantitative estimate of drug-likeness (QED) is 0.694. The average Bonchev–Trinajstić information content (AvgIpc) is 2.90. The molecule has 0 saturated heterocycles. The molecule has 0 bridgehead atoms. The first-order chi connectivity index (χ1) is 9.79. The summed E-state index contributed by atoms with van der Waals surface area (Å²) in [5.41, 5.74) is 4.45. The fourth-order valence-corrected chi connectivity index (χ4v) is 2.22. The maximum Gasteiger partial charge on any atom is 0.142 e. The molecule has 20 heavy (non-hydrogen) atoms. The predicted octanol–water partition coefficient (Wildman–Crippen LogP) is 4.19. The Kier molecular flexibility index (Phi) is 3.06. The van der Waals surface area contributed by atoms with Crippen LogP contribution in [0, 0.1) is 18.3 Å². The second kappa shape index (κ2) is 5.02. The normalized spacial score (nSPS) is 10.2.